The zero-order valence-electron chi connectivity index (χ0n) is 6.08. The van der Waals surface area contributed by atoms with Crippen LogP contribution >= 0.6 is 0 Å². The quantitative estimate of drug-likeness (QED) is 0.562. The minimum Gasteiger partial charge on any atom is -0.481 e. The molecule has 0 amide bonds. The van der Waals surface area contributed by atoms with Crippen molar-refractivity contribution in [2.45, 2.75) is 19.8 Å². The fraction of sp³-hybridized carbons (Fsp3) is 0.625. The highest BCUT2D eigenvalue weighted by Crippen LogP contribution is 2.24. The molecule has 0 aromatic carbocycles. The van der Waals surface area contributed by atoms with Crippen LogP contribution in [0.15, 0.2) is 12.2 Å². The Kier molecular flexibility index (Phi) is 2.10. The van der Waals surface area contributed by atoms with Crippen molar-refractivity contribution >= 4 is 5.97 Å². The summed E-state index contributed by atoms with van der Waals surface area (Å²) in [5.74, 6) is -0.496. The van der Waals surface area contributed by atoms with E-state index in [9.17, 15) is 4.79 Å². The van der Waals surface area contributed by atoms with Crippen LogP contribution in [0.2, 0.25) is 0 Å². The average molecular weight is 140 g/mol. The van der Waals surface area contributed by atoms with Crippen LogP contribution in [0.5, 0.6) is 0 Å². The zero-order chi connectivity index (χ0) is 7.56. The molecule has 2 nitrogen and oxygen atoms in total. The lowest BCUT2D eigenvalue weighted by atomic mass is 9.85. The van der Waals surface area contributed by atoms with Crippen molar-refractivity contribution in [3.63, 3.8) is 0 Å². The zero-order valence-corrected chi connectivity index (χ0v) is 6.08. The molecule has 0 aromatic heterocycles. The van der Waals surface area contributed by atoms with E-state index >= 15 is 0 Å². The second kappa shape index (κ2) is 2.86. The van der Waals surface area contributed by atoms with E-state index in [-0.39, 0.29) is 5.92 Å². The first-order valence-corrected chi connectivity index (χ1v) is 3.59. The molecule has 0 saturated carbocycles. The van der Waals surface area contributed by atoms with Crippen LogP contribution in [0.1, 0.15) is 19.8 Å². The van der Waals surface area contributed by atoms with Gasteiger partial charge in [0.2, 0.25) is 0 Å². The van der Waals surface area contributed by atoms with Crippen LogP contribution < -0.4 is 0 Å². The number of carboxylic acid groups (broad SMARTS) is 1. The SMILES string of the molecule is CC1CC=CC[C@H]1C(=O)O. The summed E-state index contributed by atoms with van der Waals surface area (Å²) in [4.78, 5) is 10.5. The van der Waals surface area contributed by atoms with Crippen molar-refractivity contribution in [1.82, 2.24) is 0 Å². The first-order valence-electron chi connectivity index (χ1n) is 3.59. The predicted octanol–water partition coefficient (Wildman–Crippen LogP) is 1.67. The third-order valence-corrected chi connectivity index (χ3v) is 2.07. The molecule has 1 unspecified atom stereocenters. The molecule has 0 saturated heterocycles. The largest absolute Gasteiger partial charge is 0.481 e. The molecule has 0 aliphatic heterocycles. The lowest BCUT2D eigenvalue weighted by molar-refractivity contribution is -0.143. The van der Waals surface area contributed by atoms with Crippen molar-refractivity contribution in [1.29, 1.82) is 0 Å². The summed E-state index contributed by atoms with van der Waals surface area (Å²) in [6.07, 6.45) is 5.64. The molecule has 0 bridgehead atoms. The van der Waals surface area contributed by atoms with Gasteiger partial charge in [-0.2, -0.15) is 0 Å². The molecule has 2 heteroatoms. The summed E-state index contributed by atoms with van der Waals surface area (Å²) in [7, 11) is 0. The van der Waals surface area contributed by atoms with E-state index in [1.54, 1.807) is 0 Å². The summed E-state index contributed by atoms with van der Waals surface area (Å²) < 4.78 is 0. The molecule has 1 N–H and O–H groups in total. The Bertz CT molecular complexity index is 161. The molecule has 10 heavy (non-hydrogen) atoms. The molecule has 1 aliphatic rings. The van der Waals surface area contributed by atoms with Crippen LogP contribution in [0, 0.1) is 11.8 Å². The molecule has 0 radical (unpaired) electrons. The van der Waals surface area contributed by atoms with Gasteiger partial charge in [0.25, 0.3) is 0 Å². The number of hydrogen-bond donors (Lipinski definition) is 1. The summed E-state index contributed by atoms with van der Waals surface area (Å²) in [5, 5.41) is 8.67. The minimum atomic E-state index is -0.656. The summed E-state index contributed by atoms with van der Waals surface area (Å²) in [5.41, 5.74) is 0. The van der Waals surface area contributed by atoms with Crippen LogP contribution in [0.25, 0.3) is 0 Å². The second-order valence-electron chi connectivity index (χ2n) is 2.86. The van der Waals surface area contributed by atoms with Gasteiger partial charge < -0.3 is 5.11 Å². The van der Waals surface area contributed by atoms with E-state index in [1.807, 2.05) is 13.0 Å². The van der Waals surface area contributed by atoms with Crippen molar-refractivity contribution in [2.24, 2.45) is 11.8 Å². The van der Waals surface area contributed by atoms with E-state index in [0.29, 0.717) is 12.3 Å². The minimum absolute atomic E-state index is 0.148. The lowest BCUT2D eigenvalue weighted by Crippen LogP contribution is -2.22. The molecule has 56 valence electrons. The number of aliphatic carboxylic acids is 1. The monoisotopic (exact) mass is 140 g/mol. The van der Waals surface area contributed by atoms with Gasteiger partial charge in [0.15, 0.2) is 0 Å². The Morgan fingerprint density at radius 3 is 2.50 bits per heavy atom. The smallest absolute Gasteiger partial charge is 0.307 e. The Balaban J connectivity index is 2.59. The van der Waals surface area contributed by atoms with Crippen molar-refractivity contribution in [3.05, 3.63) is 12.2 Å². The maximum absolute atomic E-state index is 10.5. The number of hydrogen-bond acceptors (Lipinski definition) is 1. The molecule has 1 rings (SSSR count). The number of carboxylic acids is 1. The average Bonchev–Trinajstić information content (AvgIpc) is 1.88. The Morgan fingerprint density at radius 2 is 2.10 bits per heavy atom. The lowest BCUT2D eigenvalue weighted by Gasteiger charge is -2.20. The molecule has 0 fully saturated rings. The van der Waals surface area contributed by atoms with Crippen LogP contribution in [-0.4, -0.2) is 11.1 Å². The molecule has 0 heterocycles. The third kappa shape index (κ3) is 1.38. The van der Waals surface area contributed by atoms with Gasteiger partial charge in [0.1, 0.15) is 0 Å². The highest BCUT2D eigenvalue weighted by atomic mass is 16.4. The topological polar surface area (TPSA) is 37.3 Å². The van der Waals surface area contributed by atoms with Gasteiger partial charge in [-0.25, -0.2) is 0 Å². The number of carbonyl (C=O) groups is 1. The summed E-state index contributed by atoms with van der Waals surface area (Å²) >= 11 is 0. The maximum atomic E-state index is 10.5. The van der Waals surface area contributed by atoms with E-state index in [1.165, 1.54) is 0 Å². The van der Waals surface area contributed by atoms with Crippen LogP contribution in [0.4, 0.5) is 0 Å². The Morgan fingerprint density at radius 1 is 1.50 bits per heavy atom. The molecular formula is C8H12O2. The van der Waals surface area contributed by atoms with E-state index in [0.717, 1.165) is 6.42 Å². The van der Waals surface area contributed by atoms with Gasteiger partial charge in [0, 0.05) is 0 Å². The van der Waals surface area contributed by atoms with Gasteiger partial charge >= 0.3 is 5.97 Å². The molecule has 1 aliphatic carbocycles. The van der Waals surface area contributed by atoms with E-state index < -0.39 is 5.97 Å². The summed E-state index contributed by atoms with van der Waals surface area (Å²) in [6, 6.07) is 0. The van der Waals surface area contributed by atoms with Crippen LogP contribution in [0.3, 0.4) is 0 Å². The van der Waals surface area contributed by atoms with Gasteiger partial charge in [-0.1, -0.05) is 19.1 Å². The molecule has 0 spiro atoms. The first kappa shape index (κ1) is 7.32. The van der Waals surface area contributed by atoms with Crippen LogP contribution in [-0.2, 0) is 4.79 Å². The summed E-state index contributed by atoms with van der Waals surface area (Å²) in [6.45, 7) is 1.99. The molecule has 0 aromatic rings. The Hall–Kier alpha value is -0.790. The second-order valence-corrected chi connectivity index (χ2v) is 2.86. The first-order chi connectivity index (χ1) is 4.72. The third-order valence-electron chi connectivity index (χ3n) is 2.07. The highest BCUT2D eigenvalue weighted by Gasteiger charge is 2.24. The predicted molar refractivity (Wildman–Crippen MR) is 38.7 cm³/mol. The van der Waals surface area contributed by atoms with E-state index in [4.69, 9.17) is 5.11 Å². The van der Waals surface area contributed by atoms with Gasteiger partial charge in [0.05, 0.1) is 5.92 Å². The number of allylic oxidation sites excluding steroid dienone is 2. The highest BCUT2D eigenvalue weighted by molar-refractivity contribution is 5.70. The molecular weight excluding hydrogens is 128 g/mol. The fourth-order valence-electron chi connectivity index (χ4n) is 1.29. The van der Waals surface area contributed by atoms with Gasteiger partial charge in [-0.05, 0) is 18.8 Å². The van der Waals surface area contributed by atoms with Gasteiger partial charge in [-0.15, -0.1) is 0 Å². The fourth-order valence-corrected chi connectivity index (χ4v) is 1.29. The molecule has 2 atom stereocenters. The number of rotatable bonds is 1. The van der Waals surface area contributed by atoms with Crippen molar-refractivity contribution in [2.75, 3.05) is 0 Å². The van der Waals surface area contributed by atoms with E-state index in [2.05, 4.69) is 6.08 Å². The van der Waals surface area contributed by atoms with Crippen molar-refractivity contribution in [3.8, 4) is 0 Å². The normalized spacial score (nSPS) is 32.1. The van der Waals surface area contributed by atoms with Gasteiger partial charge in [-0.3, -0.25) is 4.79 Å². The Labute approximate surface area is 60.6 Å². The maximum Gasteiger partial charge on any atom is 0.307 e. The standard InChI is InChI=1S/C8H12O2/c1-6-4-2-3-5-7(6)8(9)10/h2-3,6-7H,4-5H2,1H3,(H,9,10)/t6?,7-/m1/s1. The van der Waals surface area contributed by atoms with Crippen molar-refractivity contribution < 1.29 is 9.90 Å².